The van der Waals surface area contributed by atoms with Gasteiger partial charge < -0.3 is 0 Å². The van der Waals surface area contributed by atoms with Gasteiger partial charge in [0.1, 0.15) is 0 Å². The first-order chi connectivity index (χ1) is 11.8. The minimum absolute atomic E-state index is 1.04. The van der Waals surface area contributed by atoms with E-state index in [-0.39, 0.29) is 0 Å². The first kappa shape index (κ1) is 14.5. The molecule has 0 radical (unpaired) electrons. The van der Waals surface area contributed by atoms with Crippen LogP contribution >= 0.6 is 0 Å². The fourth-order valence-corrected chi connectivity index (χ4v) is 3.42. The zero-order valence-electron chi connectivity index (χ0n) is 13.5. The summed E-state index contributed by atoms with van der Waals surface area (Å²) in [4.78, 5) is 0. The van der Waals surface area contributed by atoms with E-state index in [1.165, 1.54) is 27.1 Å². The molecule has 0 aliphatic rings. The van der Waals surface area contributed by atoms with Crippen LogP contribution in [0.15, 0.2) is 92.0 Å². The summed E-state index contributed by atoms with van der Waals surface area (Å²) in [6.07, 6.45) is 1.90. The second-order valence-corrected chi connectivity index (χ2v) is 5.96. The van der Waals surface area contributed by atoms with Crippen molar-refractivity contribution in [3.05, 3.63) is 109 Å². The van der Waals surface area contributed by atoms with Crippen LogP contribution in [0.5, 0.6) is 0 Å². The minimum Gasteiger partial charge on any atom is -0.0984 e. The van der Waals surface area contributed by atoms with E-state index in [0.717, 1.165) is 16.7 Å². The third-order valence-corrected chi connectivity index (χ3v) is 4.58. The maximum atomic E-state index is 4.46. The van der Waals surface area contributed by atoms with Gasteiger partial charge in [-0.3, -0.25) is 0 Å². The monoisotopic (exact) mass is 306 g/mol. The molecule has 0 saturated carbocycles. The lowest BCUT2D eigenvalue weighted by Crippen LogP contribution is -1.93. The van der Waals surface area contributed by atoms with Gasteiger partial charge in [-0.15, -0.1) is 0 Å². The van der Waals surface area contributed by atoms with Crippen LogP contribution in [0.25, 0.3) is 33.2 Å². The van der Waals surface area contributed by atoms with Gasteiger partial charge in [0.25, 0.3) is 0 Å². The van der Waals surface area contributed by atoms with Gasteiger partial charge >= 0.3 is 0 Å². The van der Waals surface area contributed by atoms with Gasteiger partial charge in [0.05, 0.1) is 0 Å². The average molecular weight is 306 g/mol. The second-order valence-electron chi connectivity index (χ2n) is 5.96. The molecule has 0 fully saturated rings. The van der Waals surface area contributed by atoms with Crippen molar-refractivity contribution in [2.24, 2.45) is 0 Å². The number of rotatable bonds is 3. The van der Waals surface area contributed by atoms with Crippen molar-refractivity contribution in [1.82, 2.24) is 0 Å². The lowest BCUT2D eigenvalue weighted by Gasteiger charge is -2.16. The van der Waals surface area contributed by atoms with Crippen LogP contribution in [-0.4, -0.2) is 0 Å². The molecule has 24 heavy (non-hydrogen) atoms. The Labute approximate surface area is 142 Å². The molecule has 114 valence electrons. The first-order valence-corrected chi connectivity index (χ1v) is 8.11. The molecule has 0 unspecified atom stereocenters. The van der Waals surface area contributed by atoms with E-state index in [4.69, 9.17) is 0 Å². The average Bonchev–Trinajstić information content (AvgIpc) is 2.65. The SMILES string of the molecule is C=Cc1ccccc1C(=C)c1c2ccccc2cc2ccccc12. The molecule has 0 saturated heterocycles. The molecule has 0 heteroatoms. The number of benzene rings is 4. The quantitative estimate of drug-likeness (QED) is 0.369. The van der Waals surface area contributed by atoms with E-state index < -0.39 is 0 Å². The summed E-state index contributed by atoms with van der Waals surface area (Å²) in [6, 6.07) is 27.6. The van der Waals surface area contributed by atoms with E-state index in [1.54, 1.807) is 0 Å². The van der Waals surface area contributed by atoms with Crippen LogP contribution in [0.1, 0.15) is 16.7 Å². The molecule has 0 spiro atoms. The first-order valence-electron chi connectivity index (χ1n) is 8.11. The number of hydrogen-bond donors (Lipinski definition) is 0. The summed E-state index contributed by atoms with van der Waals surface area (Å²) in [7, 11) is 0. The highest BCUT2D eigenvalue weighted by Crippen LogP contribution is 2.36. The van der Waals surface area contributed by atoms with Crippen LogP contribution in [0.3, 0.4) is 0 Å². The third-order valence-electron chi connectivity index (χ3n) is 4.58. The van der Waals surface area contributed by atoms with Crippen molar-refractivity contribution in [3.63, 3.8) is 0 Å². The standard InChI is InChI=1S/C24H18/c1-3-18-10-4-7-13-21(18)17(2)24-22-14-8-5-11-19(22)16-20-12-6-9-15-23(20)24/h3-16H,1-2H2. The molecule has 0 amide bonds. The summed E-state index contributed by atoms with van der Waals surface area (Å²) >= 11 is 0. The van der Waals surface area contributed by atoms with Crippen molar-refractivity contribution in [2.75, 3.05) is 0 Å². The zero-order valence-corrected chi connectivity index (χ0v) is 13.5. The minimum atomic E-state index is 1.04. The normalized spacial score (nSPS) is 10.8. The highest BCUT2D eigenvalue weighted by Gasteiger charge is 2.13. The lowest BCUT2D eigenvalue weighted by molar-refractivity contribution is 1.57. The molecule has 4 aromatic rings. The predicted octanol–water partition coefficient (Wildman–Crippen LogP) is 6.70. The van der Waals surface area contributed by atoms with Crippen LogP contribution in [0.4, 0.5) is 0 Å². The Hall–Kier alpha value is -3.12. The lowest BCUT2D eigenvalue weighted by atomic mass is 9.88. The Morgan fingerprint density at radius 3 is 1.88 bits per heavy atom. The Bertz CT molecular complexity index is 1030. The summed E-state index contributed by atoms with van der Waals surface area (Å²) in [5.74, 6) is 0. The van der Waals surface area contributed by atoms with E-state index >= 15 is 0 Å². The van der Waals surface area contributed by atoms with E-state index in [9.17, 15) is 0 Å². The Balaban J connectivity index is 2.10. The van der Waals surface area contributed by atoms with Gasteiger partial charge in [0.2, 0.25) is 0 Å². The van der Waals surface area contributed by atoms with E-state index in [1.807, 2.05) is 12.1 Å². The fraction of sp³-hybridized carbons (Fsp3) is 0. The molecule has 4 rings (SSSR count). The van der Waals surface area contributed by atoms with Crippen molar-refractivity contribution in [2.45, 2.75) is 0 Å². The fourth-order valence-electron chi connectivity index (χ4n) is 3.42. The van der Waals surface area contributed by atoms with Gasteiger partial charge in [0.15, 0.2) is 0 Å². The maximum absolute atomic E-state index is 4.46. The van der Waals surface area contributed by atoms with Gasteiger partial charge in [-0.2, -0.15) is 0 Å². The molecule has 0 N–H and O–H groups in total. The van der Waals surface area contributed by atoms with Gasteiger partial charge in [0, 0.05) is 0 Å². The summed E-state index contributed by atoms with van der Waals surface area (Å²) in [5, 5.41) is 4.95. The molecule has 4 aromatic carbocycles. The van der Waals surface area contributed by atoms with Crippen molar-refractivity contribution in [1.29, 1.82) is 0 Å². The molecule has 0 atom stereocenters. The Kier molecular flexibility index (Phi) is 3.51. The molecule has 0 aliphatic carbocycles. The van der Waals surface area contributed by atoms with Crippen LogP contribution in [0, 0.1) is 0 Å². The smallest absolute Gasteiger partial charge is 0.00265 e. The van der Waals surface area contributed by atoms with Gasteiger partial charge in [-0.25, -0.2) is 0 Å². The largest absolute Gasteiger partial charge is 0.0984 e. The summed E-state index contributed by atoms with van der Waals surface area (Å²) < 4.78 is 0. The second kappa shape index (κ2) is 5.82. The molecule has 0 nitrogen and oxygen atoms in total. The van der Waals surface area contributed by atoms with Gasteiger partial charge in [-0.05, 0) is 49.9 Å². The predicted molar refractivity (Wildman–Crippen MR) is 106 cm³/mol. The van der Waals surface area contributed by atoms with Crippen LogP contribution in [0.2, 0.25) is 0 Å². The highest BCUT2D eigenvalue weighted by atomic mass is 14.2. The van der Waals surface area contributed by atoms with E-state index in [0.29, 0.717) is 0 Å². The summed E-state index contributed by atoms with van der Waals surface area (Å²) in [6.45, 7) is 8.41. The number of hydrogen-bond acceptors (Lipinski definition) is 0. The molecule has 0 heterocycles. The van der Waals surface area contributed by atoms with Crippen molar-refractivity contribution in [3.8, 4) is 0 Å². The highest BCUT2D eigenvalue weighted by molar-refractivity contribution is 6.11. The van der Waals surface area contributed by atoms with Crippen molar-refractivity contribution >= 4 is 33.2 Å². The zero-order chi connectivity index (χ0) is 16.5. The molecular weight excluding hydrogens is 288 g/mol. The number of fused-ring (bicyclic) bond motifs is 2. The van der Waals surface area contributed by atoms with Gasteiger partial charge in [-0.1, -0.05) is 92.0 Å². The molecule has 0 aromatic heterocycles. The van der Waals surface area contributed by atoms with Crippen LogP contribution in [-0.2, 0) is 0 Å². The molecular formula is C24H18. The Morgan fingerprint density at radius 1 is 0.708 bits per heavy atom. The van der Waals surface area contributed by atoms with Crippen LogP contribution < -0.4 is 0 Å². The topological polar surface area (TPSA) is 0 Å². The van der Waals surface area contributed by atoms with Crippen molar-refractivity contribution < 1.29 is 0 Å². The molecule has 0 bridgehead atoms. The van der Waals surface area contributed by atoms with E-state index in [2.05, 4.69) is 86.0 Å². The Morgan fingerprint density at radius 2 is 1.25 bits per heavy atom. The summed E-state index contributed by atoms with van der Waals surface area (Å²) in [5.41, 5.74) is 4.49. The molecule has 0 aliphatic heterocycles. The maximum Gasteiger partial charge on any atom is -0.00265 e. The third kappa shape index (κ3) is 2.24.